The van der Waals surface area contributed by atoms with Gasteiger partial charge in [0.15, 0.2) is 0 Å². The molecule has 3 aromatic rings. The molecule has 0 aliphatic carbocycles. The highest BCUT2D eigenvalue weighted by Crippen LogP contribution is 2.34. The Morgan fingerprint density at radius 2 is 2.03 bits per heavy atom. The lowest BCUT2D eigenvalue weighted by Crippen LogP contribution is -2.48. The van der Waals surface area contributed by atoms with Crippen molar-refractivity contribution in [3.05, 3.63) is 86.8 Å². The van der Waals surface area contributed by atoms with Crippen LogP contribution in [-0.2, 0) is 16.0 Å². The number of methoxy groups -OCH3 is 1. The summed E-state index contributed by atoms with van der Waals surface area (Å²) in [5, 5.41) is 2.45. The van der Waals surface area contributed by atoms with E-state index in [0.717, 1.165) is 12.0 Å². The highest BCUT2D eigenvalue weighted by atomic mass is 35.5. The van der Waals surface area contributed by atoms with E-state index in [1.54, 1.807) is 59.7 Å². The summed E-state index contributed by atoms with van der Waals surface area (Å²) < 4.78 is 24.7. The van der Waals surface area contributed by atoms with Crippen LogP contribution in [0.25, 0.3) is 0 Å². The van der Waals surface area contributed by atoms with Gasteiger partial charge in [-0.1, -0.05) is 23.7 Å². The summed E-state index contributed by atoms with van der Waals surface area (Å²) in [6.45, 7) is 1.13. The SMILES string of the molecule is COCCN(CC(=O)N1CCc2sccc2[C@H]1COc1cccc(F)c1)C(=O)c1cccc(Cl)c1. The minimum absolute atomic E-state index is 0.107. The van der Waals surface area contributed by atoms with Crippen LogP contribution >= 0.6 is 22.9 Å². The number of ether oxygens (including phenoxy) is 2. The molecule has 0 spiro atoms. The number of benzene rings is 2. The Hall–Kier alpha value is -2.94. The van der Waals surface area contributed by atoms with Gasteiger partial charge in [0.25, 0.3) is 5.91 Å². The van der Waals surface area contributed by atoms with E-state index in [0.29, 0.717) is 29.5 Å². The molecule has 2 heterocycles. The summed E-state index contributed by atoms with van der Waals surface area (Å²) in [5.74, 6) is -0.471. The number of halogens is 2. The fourth-order valence-corrected chi connectivity index (χ4v) is 5.24. The molecule has 2 amide bonds. The molecule has 0 radical (unpaired) electrons. The lowest BCUT2D eigenvalue weighted by Gasteiger charge is -2.37. The van der Waals surface area contributed by atoms with Crippen molar-refractivity contribution in [1.82, 2.24) is 9.80 Å². The normalized spacial score (nSPS) is 14.9. The zero-order chi connectivity index (χ0) is 24.8. The van der Waals surface area contributed by atoms with Crippen LogP contribution in [0.5, 0.6) is 5.75 Å². The summed E-state index contributed by atoms with van der Waals surface area (Å²) >= 11 is 7.72. The van der Waals surface area contributed by atoms with E-state index < -0.39 is 0 Å². The number of hydrogen-bond donors (Lipinski definition) is 0. The van der Waals surface area contributed by atoms with Gasteiger partial charge < -0.3 is 19.3 Å². The minimum atomic E-state index is -0.386. The number of nitrogens with zero attached hydrogens (tertiary/aromatic N) is 2. The third-order valence-electron chi connectivity index (χ3n) is 5.87. The van der Waals surface area contributed by atoms with Gasteiger partial charge in [-0.05, 0) is 53.8 Å². The first kappa shape index (κ1) is 25.2. The Morgan fingerprint density at radius 1 is 1.20 bits per heavy atom. The van der Waals surface area contributed by atoms with E-state index in [2.05, 4.69) is 0 Å². The van der Waals surface area contributed by atoms with E-state index >= 15 is 0 Å². The zero-order valence-corrected chi connectivity index (χ0v) is 20.9. The number of hydrogen-bond acceptors (Lipinski definition) is 5. The van der Waals surface area contributed by atoms with Crippen LogP contribution in [0, 0.1) is 5.82 Å². The van der Waals surface area contributed by atoms with Crippen LogP contribution in [-0.4, -0.2) is 61.6 Å². The maximum Gasteiger partial charge on any atom is 0.254 e. The standard InChI is InChI=1S/C26H26ClFN2O4S/c1-33-12-11-29(26(32)18-4-2-5-19(27)14-18)16-25(31)30-10-8-24-22(9-13-35-24)23(30)17-34-21-7-3-6-20(28)15-21/h2-7,9,13-15,23H,8,10-12,16-17H2,1H3/t23-/m1/s1. The molecule has 2 aromatic carbocycles. The second-order valence-corrected chi connectivity index (χ2v) is 9.59. The first-order valence-electron chi connectivity index (χ1n) is 11.2. The Kier molecular flexibility index (Phi) is 8.38. The van der Waals surface area contributed by atoms with Gasteiger partial charge in [0.2, 0.25) is 5.91 Å². The molecule has 9 heteroatoms. The van der Waals surface area contributed by atoms with Crippen molar-refractivity contribution < 1.29 is 23.5 Å². The first-order chi connectivity index (χ1) is 17.0. The van der Waals surface area contributed by atoms with Gasteiger partial charge >= 0.3 is 0 Å². The van der Waals surface area contributed by atoms with Crippen LogP contribution in [0.4, 0.5) is 4.39 Å². The van der Waals surface area contributed by atoms with Gasteiger partial charge in [0.1, 0.15) is 24.7 Å². The number of rotatable bonds is 9. The van der Waals surface area contributed by atoms with Crippen molar-refractivity contribution in [3.8, 4) is 5.75 Å². The molecule has 0 bridgehead atoms. The van der Waals surface area contributed by atoms with Gasteiger partial charge in [0.05, 0.1) is 12.6 Å². The predicted octanol–water partition coefficient (Wildman–Crippen LogP) is 4.83. The Labute approximate surface area is 212 Å². The molecule has 1 aromatic heterocycles. The summed E-state index contributed by atoms with van der Waals surface area (Å²) in [4.78, 5) is 31.1. The Bertz CT molecular complexity index is 1190. The van der Waals surface area contributed by atoms with Crippen LogP contribution in [0.1, 0.15) is 26.8 Å². The molecule has 0 unspecified atom stereocenters. The number of carbonyl (C=O) groups excluding carboxylic acids is 2. The molecular formula is C26H26ClFN2O4S. The van der Waals surface area contributed by atoms with Crippen molar-refractivity contribution in [2.75, 3.05) is 40.0 Å². The van der Waals surface area contributed by atoms with E-state index in [1.165, 1.54) is 21.9 Å². The van der Waals surface area contributed by atoms with E-state index in [1.807, 2.05) is 11.4 Å². The largest absolute Gasteiger partial charge is 0.491 e. The number of carbonyl (C=O) groups is 2. The minimum Gasteiger partial charge on any atom is -0.491 e. The molecule has 0 fully saturated rings. The number of thiophene rings is 1. The Morgan fingerprint density at radius 3 is 2.80 bits per heavy atom. The van der Waals surface area contributed by atoms with Crippen LogP contribution in [0.15, 0.2) is 60.0 Å². The van der Waals surface area contributed by atoms with E-state index in [-0.39, 0.29) is 43.4 Å². The molecule has 0 saturated heterocycles. The van der Waals surface area contributed by atoms with Gasteiger partial charge in [0, 0.05) is 41.7 Å². The van der Waals surface area contributed by atoms with Crippen LogP contribution in [0.3, 0.4) is 0 Å². The number of fused-ring (bicyclic) bond motifs is 1. The average Bonchev–Trinajstić information content (AvgIpc) is 3.34. The molecule has 6 nitrogen and oxygen atoms in total. The maximum absolute atomic E-state index is 13.6. The van der Waals surface area contributed by atoms with E-state index in [4.69, 9.17) is 21.1 Å². The fourth-order valence-electron chi connectivity index (χ4n) is 4.12. The monoisotopic (exact) mass is 516 g/mol. The summed E-state index contributed by atoms with van der Waals surface area (Å²) in [5.41, 5.74) is 1.43. The lowest BCUT2D eigenvalue weighted by molar-refractivity contribution is -0.135. The molecule has 1 aliphatic heterocycles. The van der Waals surface area contributed by atoms with Crippen molar-refractivity contribution >= 4 is 34.8 Å². The molecule has 184 valence electrons. The molecule has 1 aliphatic rings. The van der Waals surface area contributed by atoms with E-state index in [9.17, 15) is 14.0 Å². The fraction of sp³-hybridized carbons (Fsp3) is 0.308. The van der Waals surface area contributed by atoms with Gasteiger partial charge in [-0.25, -0.2) is 4.39 Å². The molecule has 4 rings (SSSR count). The second kappa shape index (κ2) is 11.7. The smallest absolute Gasteiger partial charge is 0.254 e. The third kappa shape index (κ3) is 6.20. The Balaban J connectivity index is 1.53. The molecule has 0 N–H and O–H groups in total. The topological polar surface area (TPSA) is 59.1 Å². The molecular weight excluding hydrogens is 491 g/mol. The van der Waals surface area contributed by atoms with Crippen LogP contribution in [0.2, 0.25) is 5.02 Å². The maximum atomic E-state index is 13.6. The van der Waals surface area contributed by atoms with Crippen molar-refractivity contribution in [3.63, 3.8) is 0 Å². The van der Waals surface area contributed by atoms with Gasteiger partial charge in [-0.2, -0.15) is 0 Å². The second-order valence-electron chi connectivity index (χ2n) is 8.15. The molecule has 0 saturated carbocycles. The van der Waals surface area contributed by atoms with Crippen LogP contribution < -0.4 is 4.74 Å². The van der Waals surface area contributed by atoms with Gasteiger partial charge in [-0.3, -0.25) is 9.59 Å². The summed E-state index contributed by atoms with van der Waals surface area (Å²) in [6, 6.07) is 14.3. The zero-order valence-electron chi connectivity index (χ0n) is 19.3. The predicted molar refractivity (Wildman–Crippen MR) is 134 cm³/mol. The lowest BCUT2D eigenvalue weighted by atomic mass is 10.0. The first-order valence-corrected chi connectivity index (χ1v) is 12.5. The third-order valence-corrected chi connectivity index (χ3v) is 7.10. The van der Waals surface area contributed by atoms with Crippen molar-refractivity contribution in [2.24, 2.45) is 0 Å². The molecule has 35 heavy (non-hydrogen) atoms. The van der Waals surface area contributed by atoms with Crippen molar-refractivity contribution in [2.45, 2.75) is 12.5 Å². The highest BCUT2D eigenvalue weighted by molar-refractivity contribution is 7.10. The quantitative estimate of drug-likeness (QED) is 0.408. The highest BCUT2D eigenvalue weighted by Gasteiger charge is 2.33. The number of amides is 2. The van der Waals surface area contributed by atoms with Gasteiger partial charge in [-0.15, -0.1) is 11.3 Å². The van der Waals surface area contributed by atoms with Crippen molar-refractivity contribution in [1.29, 1.82) is 0 Å². The summed E-state index contributed by atoms with van der Waals surface area (Å²) in [6.07, 6.45) is 0.732. The average molecular weight is 517 g/mol. The summed E-state index contributed by atoms with van der Waals surface area (Å²) in [7, 11) is 1.55. The molecule has 1 atom stereocenters.